The lowest BCUT2D eigenvalue weighted by Gasteiger charge is -2.10. The van der Waals surface area contributed by atoms with Crippen LogP contribution in [0.4, 0.5) is 10.5 Å². The average molecular weight is 423 g/mol. The fourth-order valence-corrected chi connectivity index (χ4v) is 4.11. The van der Waals surface area contributed by atoms with E-state index in [-0.39, 0.29) is 26.6 Å². The maximum Gasteiger partial charge on any atom is 0.411 e. The molecule has 0 aromatic heterocycles. The third-order valence-electron chi connectivity index (χ3n) is 3.16. The van der Waals surface area contributed by atoms with Crippen molar-refractivity contribution in [3.8, 4) is 0 Å². The van der Waals surface area contributed by atoms with Crippen LogP contribution in [0, 0.1) is 6.92 Å². The molecule has 0 atom stereocenters. The van der Waals surface area contributed by atoms with Gasteiger partial charge in [0, 0.05) is 5.69 Å². The van der Waals surface area contributed by atoms with Crippen molar-refractivity contribution in [2.45, 2.75) is 11.8 Å². The van der Waals surface area contributed by atoms with Gasteiger partial charge in [-0.1, -0.05) is 46.9 Å². The van der Waals surface area contributed by atoms with Gasteiger partial charge in [-0.05, 0) is 36.8 Å². The van der Waals surface area contributed by atoms with Gasteiger partial charge < -0.3 is 4.74 Å². The second-order valence-electron chi connectivity index (χ2n) is 5.15. The van der Waals surface area contributed by atoms with Gasteiger partial charge in [0.05, 0.1) is 25.7 Å². The Morgan fingerprint density at radius 1 is 1.08 bits per heavy atom. The fourth-order valence-electron chi connectivity index (χ4n) is 1.97. The van der Waals surface area contributed by atoms with Crippen molar-refractivity contribution in [1.29, 1.82) is 0 Å². The highest BCUT2D eigenvalue weighted by Gasteiger charge is 2.20. The molecule has 0 bridgehead atoms. The summed E-state index contributed by atoms with van der Waals surface area (Å²) in [7, 11) is -3.79. The highest BCUT2D eigenvalue weighted by Crippen LogP contribution is 2.32. The van der Waals surface area contributed by atoms with Crippen molar-refractivity contribution in [1.82, 2.24) is 0 Å². The molecule has 9 heteroatoms. The zero-order chi connectivity index (χ0) is 18.6. The SMILES string of the molecule is Cc1cccc(NC(=O)OCCS(=O)(=O)c2cc(Cl)c(Cl)cc2Cl)c1. The summed E-state index contributed by atoms with van der Waals surface area (Å²) < 4.78 is 29.5. The third-order valence-corrected chi connectivity index (χ3v) is 6.02. The van der Waals surface area contributed by atoms with Crippen molar-refractivity contribution in [2.75, 3.05) is 17.7 Å². The van der Waals surface area contributed by atoms with Gasteiger partial charge in [0.15, 0.2) is 9.84 Å². The second kappa shape index (κ2) is 8.27. The van der Waals surface area contributed by atoms with E-state index in [0.29, 0.717) is 5.69 Å². The maximum absolute atomic E-state index is 12.3. The predicted octanol–water partition coefficient (Wildman–Crippen LogP) is 4.98. The van der Waals surface area contributed by atoms with Crippen LogP contribution < -0.4 is 5.32 Å². The topological polar surface area (TPSA) is 72.5 Å². The number of rotatable bonds is 5. The van der Waals surface area contributed by atoms with Gasteiger partial charge in [-0.2, -0.15) is 0 Å². The Morgan fingerprint density at radius 3 is 2.44 bits per heavy atom. The molecule has 0 aliphatic heterocycles. The van der Waals surface area contributed by atoms with E-state index < -0.39 is 21.7 Å². The van der Waals surface area contributed by atoms with Crippen molar-refractivity contribution in [2.24, 2.45) is 0 Å². The van der Waals surface area contributed by atoms with Gasteiger partial charge >= 0.3 is 6.09 Å². The molecule has 0 fully saturated rings. The van der Waals surface area contributed by atoms with Crippen molar-refractivity contribution in [3.63, 3.8) is 0 Å². The van der Waals surface area contributed by atoms with Crippen molar-refractivity contribution < 1.29 is 17.9 Å². The largest absolute Gasteiger partial charge is 0.448 e. The Hall–Kier alpha value is -1.47. The number of amides is 1. The molecule has 0 aliphatic rings. The molecule has 2 aromatic carbocycles. The molecule has 0 unspecified atom stereocenters. The molecule has 134 valence electrons. The number of halogens is 3. The zero-order valence-corrected chi connectivity index (χ0v) is 16.1. The van der Waals surface area contributed by atoms with Crippen molar-refractivity contribution in [3.05, 3.63) is 57.0 Å². The number of carbonyl (C=O) groups is 1. The molecule has 5 nitrogen and oxygen atoms in total. The molecule has 0 saturated heterocycles. The standard InChI is InChI=1S/C16H14Cl3NO4S/c1-10-3-2-4-11(7-10)20-16(21)24-5-6-25(22,23)15-9-13(18)12(17)8-14(15)19/h2-4,7-9H,5-6H2,1H3,(H,20,21). The average Bonchev–Trinajstić information content (AvgIpc) is 2.50. The van der Waals surface area contributed by atoms with Crippen LogP contribution >= 0.6 is 34.8 Å². The minimum absolute atomic E-state index is 0.0430. The summed E-state index contributed by atoms with van der Waals surface area (Å²) in [6, 6.07) is 9.54. The van der Waals surface area contributed by atoms with Gasteiger partial charge in [0.2, 0.25) is 0 Å². The lowest BCUT2D eigenvalue weighted by molar-refractivity contribution is 0.168. The Bertz CT molecular complexity index is 900. The molecule has 2 aromatic rings. The quantitative estimate of drug-likeness (QED) is 0.690. The lowest BCUT2D eigenvalue weighted by Crippen LogP contribution is -2.19. The summed E-state index contributed by atoms with van der Waals surface area (Å²) in [5.41, 5.74) is 1.52. The van der Waals surface area contributed by atoms with Crippen LogP contribution in [0.3, 0.4) is 0 Å². The summed E-state index contributed by atoms with van der Waals surface area (Å²) in [6.45, 7) is 1.54. The number of aryl methyl sites for hydroxylation is 1. The van der Waals surface area contributed by atoms with E-state index in [1.54, 1.807) is 18.2 Å². The Kier molecular flexibility index (Phi) is 6.57. The number of nitrogens with one attached hydrogen (secondary N) is 1. The Balaban J connectivity index is 1.96. The van der Waals surface area contributed by atoms with E-state index in [1.165, 1.54) is 12.1 Å². The van der Waals surface area contributed by atoms with Gasteiger partial charge in [-0.3, -0.25) is 5.32 Å². The number of anilines is 1. The molecule has 0 saturated carbocycles. The van der Waals surface area contributed by atoms with E-state index in [9.17, 15) is 13.2 Å². The number of carbonyl (C=O) groups excluding carboxylic acids is 1. The monoisotopic (exact) mass is 421 g/mol. The highest BCUT2D eigenvalue weighted by atomic mass is 35.5. The normalized spacial score (nSPS) is 11.2. The van der Waals surface area contributed by atoms with E-state index >= 15 is 0 Å². The van der Waals surface area contributed by atoms with Crippen molar-refractivity contribution >= 4 is 56.4 Å². The lowest BCUT2D eigenvalue weighted by atomic mass is 10.2. The minimum Gasteiger partial charge on any atom is -0.448 e. The summed E-state index contributed by atoms with van der Waals surface area (Å²) in [5.74, 6) is -0.439. The van der Waals surface area contributed by atoms with E-state index in [1.807, 2.05) is 13.0 Å². The molecule has 0 radical (unpaired) electrons. The second-order valence-corrected chi connectivity index (χ2v) is 8.45. The summed E-state index contributed by atoms with van der Waals surface area (Å²) in [6.07, 6.45) is -0.749. The molecule has 0 aliphatic carbocycles. The summed E-state index contributed by atoms with van der Waals surface area (Å²) in [4.78, 5) is 11.6. The number of benzene rings is 2. The van der Waals surface area contributed by atoms with Gasteiger partial charge in [-0.15, -0.1) is 0 Å². The number of ether oxygens (including phenoxy) is 1. The smallest absolute Gasteiger partial charge is 0.411 e. The van der Waals surface area contributed by atoms with E-state index in [2.05, 4.69) is 5.32 Å². The molecule has 2 rings (SSSR count). The summed E-state index contributed by atoms with van der Waals surface area (Å²) in [5, 5.41) is 2.70. The van der Waals surface area contributed by atoms with E-state index in [0.717, 1.165) is 5.56 Å². The number of hydrogen-bond acceptors (Lipinski definition) is 4. The van der Waals surface area contributed by atoms with E-state index in [4.69, 9.17) is 39.5 Å². The van der Waals surface area contributed by atoms with Crippen LogP contribution in [0.2, 0.25) is 15.1 Å². The van der Waals surface area contributed by atoms with Gasteiger partial charge in [0.25, 0.3) is 0 Å². The van der Waals surface area contributed by atoms with Crippen LogP contribution in [-0.2, 0) is 14.6 Å². The van der Waals surface area contributed by atoms with Crippen LogP contribution in [0.25, 0.3) is 0 Å². The van der Waals surface area contributed by atoms with Gasteiger partial charge in [0.1, 0.15) is 6.61 Å². The van der Waals surface area contributed by atoms with Crippen LogP contribution in [0.1, 0.15) is 5.56 Å². The first-order valence-electron chi connectivity index (χ1n) is 7.07. The maximum atomic E-state index is 12.3. The molecular formula is C16H14Cl3NO4S. The first-order valence-corrected chi connectivity index (χ1v) is 9.85. The molecule has 1 amide bonds. The highest BCUT2D eigenvalue weighted by molar-refractivity contribution is 7.91. The fraction of sp³-hybridized carbons (Fsp3) is 0.188. The third kappa shape index (κ3) is 5.51. The molecule has 0 spiro atoms. The Labute approximate surface area is 160 Å². The van der Waals surface area contributed by atoms with Crippen LogP contribution in [0.5, 0.6) is 0 Å². The first-order chi connectivity index (χ1) is 11.7. The minimum atomic E-state index is -3.79. The molecular weight excluding hydrogens is 409 g/mol. The Morgan fingerprint density at radius 2 is 1.76 bits per heavy atom. The van der Waals surface area contributed by atoms with Crippen LogP contribution in [-0.4, -0.2) is 26.9 Å². The molecule has 25 heavy (non-hydrogen) atoms. The number of hydrogen-bond donors (Lipinski definition) is 1. The first kappa shape index (κ1) is 19.8. The van der Waals surface area contributed by atoms with Crippen LogP contribution in [0.15, 0.2) is 41.3 Å². The van der Waals surface area contributed by atoms with Gasteiger partial charge in [-0.25, -0.2) is 13.2 Å². The predicted molar refractivity (Wildman–Crippen MR) is 99.7 cm³/mol. The molecule has 1 N–H and O–H groups in total. The number of sulfone groups is 1. The molecule has 0 heterocycles. The summed E-state index contributed by atoms with van der Waals surface area (Å²) >= 11 is 17.5. The zero-order valence-electron chi connectivity index (χ0n) is 13.1.